The van der Waals surface area contributed by atoms with Crippen LogP contribution in [0.15, 0.2) is 29.6 Å². The van der Waals surface area contributed by atoms with E-state index in [1.807, 2.05) is 18.2 Å². The zero-order valence-electron chi connectivity index (χ0n) is 12.2. The Kier molecular flexibility index (Phi) is 4.53. The molecule has 112 valence electrons. The molecule has 3 rings (SSSR count). The number of thiazole rings is 1. The third-order valence-electron chi connectivity index (χ3n) is 3.73. The van der Waals surface area contributed by atoms with Gasteiger partial charge in [-0.1, -0.05) is 12.1 Å². The number of ether oxygens (including phenoxy) is 1. The van der Waals surface area contributed by atoms with Crippen molar-refractivity contribution in [2.24, 2.45) is 0 Å². The van der Waals surface area contributed by atoms with Crippen molar-refractivity contribution in [3.05, 3.63) is 35.3 Å². The molecule has 0 bridgehead atoms. The number of hydrogen-bond donors (Lipinski definition) is 1. The highest BCUT2D eigenvalue weighted by Crippen LogP contribution is 2.27. The van der Waals surface area contributed by atoms with E-state index in [1.165, 1.54) is 0 Å². The lowest BCUT2D eigenvalue weighted by Crippen LogP contribution is -2.37. The first-order valence-corrected chi connectivity index (χ1v) is 8.12. The Balaban J connectivity index is 1.70. The van der Waals surface area contributed by atoms with Crippen LogP contribution in [0.1, 0.15) is 18.5 Å². The zero-order valence-corrected chi connectivity index (χ0v) is 13.0. The van der Waals surface area contributed by atoms with E-state index in [4.69, 9.17) is 9.72 Å². The highest BCUT2D eigenvalue weighted by atomic mass is 32.1. The average Bonchev–Trinajstić information content (AvgIpc) is 2.96. The molecule has 1 aromatic carbocycles. The minimum atomic E-state index is -0.185. The van der Waals surface area contributed by atoms with Gasteiger partial charge in [-0.25, -0.2) is 4.98 Å². The van der Waals surface area contributed by atoms with Gasteiger partial charge in [0.05, 0.1) is 18.9 Å². The summed E-state index contributed by atoms with van der Waals surface area (Å²) in [6, 6.07) is 7.98. The molecule has 2 heterocycles. The van der Waals surface area contributed by atoms with Crippen LogP contribution in [-0.2, 0) is 6.54 Å². The summed E-state index contributed by atoms with van der Waals surface area (Å²) < 4.78 is 5.26. The van der Waals surface area contributed by atoms with E-state index in [-0.39, 0.29) is 6.10 Å². The molecule has 1 aliphatic heterocycles. The summed E-state index contributed by atoms with van der Waals surface area (Å²) in [4.78, 5) is 6.99. The zero-order chi connectivity index (χ0) is 14.7. The lowest BCUT2D eigenvalue weighted by atomic mass is 10.1. The lowest BCUT2D eigenvalue weighted by molar-refractivity contribution is 0.0663. The molecule has 1 N–H and O–H groups in total. The Labute approximate surface area is 129 Å². The van der Waals surface area contributed by atoms with Crippen molar-refractivity contribution in [1.29, 1.82) is 0 Å². The summed E-state index contributed by atoms with van der Waals surface area (Å²) in [6.45, 7) is 2.62. The van der Waals surface area contributed by atoms with E-state index in [1.54, 1.807) is 18.4 Å². The maximum absolute atomic E-state index is 9.73. The minimum Gasteiger partial charge on any atom is -0.497 e. The molecule has 0 spiro atoms. The first kappa shape index (κ1) is 14.5. The molecule has 2 aromatic rings. The van der Waals surface area contributed by atoms with Gasteiger partial charge in [0.25, 0.3) is 0 Å². The molecule has 1 fully saturated rings. The highest BCUT2D eigenvalue weighted by Gasteiger charge is 2.18. The summed E-state index contributed by atoms with van der Waals surface area (Å²) in [6.07, 6.45) is 1.80. The summed E-state index contributed by atoms with van der Waals surface area (Å²) in [5.74, 6) is 0.850. The van der Waals surface area contributed by atoms with Crippen molar-refractivity contribution in [3.63, 3.8) is 0 Å². The van der Waals surface area contributed by atoms with E-state index in [0.717, 1.165) is 54.5 Å². The van der Waals surface area contributed by atoms with Gasteiger partial charge in [0.2, 0.25) is 0 Å². The molecule has 0 unspecified atom stereocenters. The smallest absolute Gasteiger partial charge is 0.123 e. The minimum absolute atomic E-state index is 0.185. The van der Waals surface area contributed by atoms with Gasteiger partial charge < -0.3 is 9.84 Å². The molecule has 21 heavy (non-hydrogen) atoms. The van der Waals surface area contributed by atoms with Crippen molar-refractivity contribution in [2.45, 2.75) is 25.5 Å². The number of rotatable bonds is 4. The summed E-state index contributed by atoms with van der Waals surface area (Å²) >= 11 is 1.66. The Morgan fingerprint density at radius 3 is 3.19 bits per heavy atom. The number of methoxy groups -OCH3 is 1. The van der Waals surface area contributed by atoms with Gasteiger partial charge in [0, 0.05) is 24.0 Å². The molecule has 5 heteroatoms. The topological polar surface area (TPSA) is 45.6 Å². The third-order valence-corrected chi connectivity index (χ3v) is 4.67. The molecule has 4 nitrogen and oxygen atoms in total. The van der Waals surface area contributed by atoms with Crippen LogP contribution >= 0.6 is 11.3 Å². The van der Waals surface area contributed by atoms with Gasteiger partial charge >= 0.3 is 0 Å². The number of benzene rings is 1. The quantitative estimate of drug-likeness (QED) is 0.943. The number of aromatic nitrogens is 1. The van der Waals surface area contributed by atoms with Gasteiger partial charge in [-0.05, 0) is 31.5 Å². The second-order valence-corrected chi connectivity index (χ2v) is 6.27. The molecule has 1 aromatic heterocycles. The molecule has 0 saturated carbocycles. The van der Waals surface area contributed by atoms with Crippen LogP contribution in [0.2, 0.25) is 0 Å². The standard InChI is InChI=1S/C16H20N2O2S/c1-20-15-6-2-4-12(8-15)16-17-13(11-21-16)9-18-7-3-5-14(19)10-18/h2,4,6,8,11,14,19H,3,5,7,9-10H2,1H3/t14-/m1/s1. The molecule has 0 amide bonds. The molecule has 1 aliphatic rings. The van der Waals surface area contributed by atoms with Gasteiger partial charge in [-0.3, -0.25) is 4.90 Å². The fourth-order valence-corrected chi connectivity index (χ4v) is 3.48. The van der Waals surface area contributed by atoms with E-state index in [0.29, 0.717) is 0 Å². The fourth-order valence-electron chi connectivity index (χ4n) is 2.67. The van der Waals surface area contributed by atoms with Crippen molar-refractivity contribution >= 4 is 11.3 Å². The second-order valence-electron chi connectivity index (χ2n) is 5.41. The molecular weight excluding hydrogens is 284 g/mol. The van der Waals surface area contributed by atoms with Crippen LogP contribution in [-0.4, -0.2) is 41.3 Å². The number of piperidine rings is 1. The van der Waals surface area contributed by atoms with Crippen LogP contribution in [0, 0.1) is 0 Å². The van der Waals surface area contributed by atoms with Gasteiger partial charge in [0.1, 0.15) is 10.8 Å². The van der Waals surface area contributed by atoms with Crippen LogP contribution < -0.4 is 4.74 Å². The van der Waals surface area contributed by atoms with Crippen molar-refractivity contribution in [3.8, 4) is 16.3 Å². The van der Waals surface area contributed by atoms with Crippen LogP contribution in [0.4, 0.5) is 0 Å². The van der Waals surface area contributed by atoms with Crippen LogP contribution in [0.3, 0.4) is 0 Å². The van der Waals surface area contributed by atoms with E-state index in [9.17, 15) is 5.11 Å². The number of hydrogen-bond acceptors (Lipinski definition) is 5. The molecule has 1 atom stereocenters. The Morgan fingerprint density at radius 1 is 1.48 bits per heavy atom. The normalized spacial score (nSPS) is 19.6. The van der Waals surface area contributed by atoms with Crippen molar-refractivity contribution < 1.29 is 9.84 Å². The predicted octanol–water partition coefficient (Wildman–Crippen LogP) is 2.78. The second kappa shape index (κ2) is 6.56. The van der Waals surface area contributed by atoms with E-state index in [2.05, 4.69) is 16.3 Å². The fraction of sp³-hybridized carbons (Fsp3) is 0.438. The van der Waals surface area contributed by atoms with Crippen molar-refractivity contribution in [2.75, 3.05) is 20.2 Å². The summed E-state index contributed by atoms with van der Waals surface area (Å²) in [5.41, 5.74) is 2.16. The van der Waals surface area contributed by atoms with E-state index < -0.39 is 0 Å². The number of likely N-dealkylation sites (tertiary alicyclic amines) is 1. The highest BCUT2D eigenvalue weighted by molar-refractivity contribution is 7.13. The van der Waals surface area contributed by atoms with Crippen molar-refractivity contribution in [1.82, 2.24) is 9.88 Å². The Hall–Kier alpha value is -1.43. The maximum atomic E-state index is 9.73. The first-order valence-electron chi connectivity index (χ1n) is 7.24. The third kappa shape index (κ3) is 3.61. The van der Waals surface area contributed by atoms with Crippen LogP contribution in [0.25, 0.3) is 10.6 Å². The number of nitrogens with zero attached hydrogens (tertiary/aromatic N) is 2. The van der Waals surface area contributed by atoms with Gasteiger partial charge in [0.15, 0.2) is 0 Å². The van der Waals surface area contributed by atoms with Crippen LogP contribution in [0.5, 0.6) is 5.75 Å². The molecule has 0 aliphatic carbocycles. The molecule has 0 radical (unpaired) electrons. The lowest BCUT2D eigenvalue weighted by Gasteiger charge is -2.29. The number of aliphatic hydroxyl groups excluding tert-OH is 1. The maximum Gasteiger partial charge on any atom is 0.123 e. The Morgan fingerprint density at radius 2 is 2.38 bits per heavy atom. The average molecular weight is 304 g/mol. The van der Waals surface area contributed by atoms with Gasteiger partial charge in [-0.15, -0.1) is 11.3 Å². The molecular formula is C16H20N2O2S. The molecule has 1 saturated heterocycles. The van der Waals surface area contributed by atoms with E-state index >= 15 is 0 Å². The van der Waals surface area contributed by atoms with Gasteiger partial charge in [-0.2, -0.15) is 0 Å². The largest absolute Gasteiger partial charge is 0.497 e. The predicted molar refractivity (Wildman–Crippen MR) is 84.6 cm³/mol. The number of β-amino-alcohol motifs (C(OH)–C–C–N with tert-alkyl or cyclic N) is 1. The summed E-state index contributed by atoms with van der Waals surface area (Å²) in [5, 5.41) is 12.8. The Bertz CT molecular complexity index is 599. The first-order chi connectivity index (χ1) is 10.2. The summed E-state index contributed by atoms with van der Waals surface area (Å²) in [7, 11) is 1.67. The monoisotopic (exact) mass is 304 g/mol. The number of aliphatic hydroxyl groups is 1. The SMILES string of the molecule is COc1cccc(-c2nc(CN3CCC[C@@H](O)C3)cs2)c1.